The summed E-state index contributed by atoms with van der Waals surface area (Å²) in [6.45, 7) is 2.52. The Labute approximate surface area is 191 Å². The van der Waals surface area contributed by atoms with Crippen LogP contribution in [0.1, 0.15) is 22.0 Å². The Balaban J connectivity index is 1.79. The van der Waals surface area contributed by atoms with Crippen molar-refractivity contribution < 1.29 is 32.9 Å². The van der Waals surface area contributed by atoms with Crippen LogP contribution in [0.25, 0.3) is 0 Å². The zero-order chi connectivity index (χ0) is 23.8. The molecular weight excluding hydrogens is 433 g/mol. The lowest BCUT2D eigenvalue weighted by Gasteiger charge is -2.35. The van der Waals surface area contributed by atoms with E-state index in [1.807, 2.05) is 0 Å². The van der Waals surface area contributed by atoms with E-state index in [1.54, 1.807) is 12.1 Å². The van der Waals surface area contributed by atoms with Gasteiger partial charge in [0.2, 0.25) is 5.75 Å². The van der Waals surface area contributed by atoms with E-state index < -0.39 is 5.91 Å². The highest BCUT2D eigenvalue weighted by Crippen LogP contribution is 2.38. The van der Waals surface area contributed by atoms with Crippen LogP contribution in [0.15, 0.2) is 36.4 Å². The van der Waals surface area contributed by atoms with E-state index in [-0.39, 0.29) is 47.2 Å². The van der Waals surface area contributed by atoms with E-state index in [9.17, 15) is 14.0 Å². The molecule has 3 rings (SSSR count). The number of ether oxygens (including phenoxy) is 4. The molecule has 0 bridgehead atoms. The highest BCUT2D eigenvalue weighted by Gasteiger charge is 2.24. The second-order valence-electron chi connectivity index (χ2n) is 7.39. The second-order valence-corrected chi connectivity index (χ2v) is 7.39. The highest BCUT2D eigenvalue weighted by molar-refractivity contribution is 5.95. The van der Waals surface area contributed by atoms with E-state index in [0.29, 0.717) is 32.8 Å². The standard InChI is InChI=1S/C23H28FN3O6/c1-30-19-11-16(12-20(31-2)22(19)33-14-21(25)28)23(29)26-13-18(27-7-9-32-10-8-27)15-3-5-17(24)6-4-15/h3-6,11-12,18H,7-10,13-14H2,1-2H3,(H2,25,28)(H,26,29). The van der Waals surface area contributed by atoms with Gasteiger partial charge in [-0.2, -0.15) is 0 Å². The van der Waals surface area contributed by atoms with Crippen LogP contribution in [0, 0.1) is 5.82 Å². The van der Waals surface area contributed by atoms with Gasteiger partial charge in [0.05, 0.1) is 33.5 Å². The summed E-state index contributed by atoms with van der Waals surface area (Å²) in [5.74, 6) is -0.702. The molecule has 1 atom stereocenters. The number of carbonyl (C=O) groups is 2. The molecule has 0 radical (unpaired) electrons. The first kappa shape index (κ1) is 24.3. The number of rotatable bonds is 10. The molecule has 10 heteroatoms. The SMILES string of the molecule is COc1cc(C(=O)NCC(c2ccc(F)cc2)N2CCOCC2)cc(OC)c1OCC(N)=O. The van der Waals surface area contributed by atoms with Crippen LogP contribution >= 0.6 is 0 Å². The normalized spacial score (nSPS) is 14.9. The van der Waals surface area contributed by atoms with E-state index >= 15 is 0 Å². The molecule has 1 fully saturated rings. The van der Waals surface area contributed by atoms with Gasteiger partial charge in [-0.3, -0.25) is 14.5 Å². The van der Waals surface area contributed by atoms with Crippen LogP contribution in [0.4, 0.5) is 4.39 Å². The van der Waals surface area contributed by atoms with Gasteiger partial charge in [0.25, 0.3) is 11.8 Å². The Kier molecular flexibility index (Phi) is 8.45. The maximum atomic E-state index is 13.4. The van der Waals surface area contributed by atoms with Crippen molar-refractivity contribution in [3.8, 4) is 17.2 Å². The molecule has 33 heavy (non-hydrogen) atoms. The van der Waals surface area contributed by atoms with E-state index in [1.165, 1.54) is 38.5 Å². The molecule has 1 aliphatic rings. The number of amides is 2. The Bertz CT molecular complexity index is 938. The van der Waals surface area contributed by atoms with Crippen molar-refractivity contribution in [2.45, 2.75) is 6.04 Å². The lowest BCUT2D eigenvalue weighted by Crippen LogP contribution is -2.43. The van der Waals surface area contributed by atoms with Crippen LogP contribution in [-0.4, -0.2) is 70.4 Å². The number of nitrogens with zero attached hydrogens (tertiary/aromatic N) is 1. The van der Waals surface area contributed by atoms with Gasteiger partial charge in [-0.05, 0) is 29.8 Å². The van der Waals surface area contributed by atoms with E-state index in [0.717, 1.165) is 5.56 Å². The van der Waals surface area contributed by atoms with Crippen LogP contribution in [0.5, 0.6) is 17.2 Å². The first-order chi connectivity index (χ1) is 15.9. The molecule has 1 unspecified atom stereocenters. The Morgan fingerprint density at radius 3 is 2.27 bits per heavy atom. The monoisotopic (exact) mass is 461 g/mol. The molecule has 0 aromatic heterocycles. The largest absolute Gasteiger partial charge is 0.493 e. The third-order valence-electron chi connectivity index (χ3n) is 5.28. The van der Waals surface area contributed by atoms with Gasteiger partial charge in [-0.25, -0.2) is 4.39 Å². The number of halogens is 1. The number of benzene rings is 2. The Hall–Kier alpha value is -3.37. The Morgan fingerprint density at radius 1 is 1.12 bits per heavy atom. The summed E-state index contributed by atoms with van der Waals surface area (Å²) in [6.07, 6.45) is 0. The lowest BCUT2D eigenvalue weighted by molar-refractivity contribution is -0.120. The van der Waals surface area contributed by atoms with E-state index in [2.05, 4.69) is 10.2 Å². The molecule has 2 aromatic rings. The third kappa shape index (κ3) is 6.33. The van der Waals surface area contributed by atoms with Gasteiger partial charge in [0.15, 0.2) is 18.1 Å². The Morgan fingerprint density at radius 2 is 1.73 bits per heavy atom. The summed E-state index contributed by atoms with van der Waals surface area (Å²) in [7, 11) is 2.83. The van der Waals surface area contributed by atoms with Crippen LogP contribution in [0.2, 0.25) is 0 Å². The van der Waals surface area contributed by atoms with Gasteiger partial charge in [0.1, 0.15) is 5.82 Å². The number of carbonyl (C=O) groups excluding carboxylic acids is 2. The quantitative estimate of drug-likeness (QED) is 0.552. The van der Waals surface area contributed by atoms with Crippen molar-refractivity contribution >= 4 is 11.8 Å². The number of nitrogens with two attached hydrogens (primary N) is 1. The van der Waals surface area contributed by atoms with Crippen LogP contribution in [-0.2, 0) is 9.53 Å². The van der Waals surface area contributed by atoms with Crippen molar-refractivity contribution in [1.82, 2.24) is 10.2 Å². The van der Waals surface area contributed by atoms with Crippen LogP contribution in [0.3, 0.4) is 0 Å². The number of hydrogen-bond donors (Lipinski definition) is 2. The van der Waals surface area contributed by atoms with Crippen molar-refractivity contribution in [2.24, 2.45) is 5.73 Å². The summed E-state index contributed by atoms with van der Waals surface area (Å²) in [5.41, 5.74) is 6.32. The zero-order valence-electron chi connectivity index (χ0n) is 18.6. The number of nitrogens with one attached hydrogen (secondary N) is 1. The minimum atomic E-state index is -0.657. The second kappa shape index (κ2) is 11.5. The maximum absolute atomic E-state index is 13.4. The number of methoxy groups -OCH3 is 2. The van der Waals surface area contributed by atoms with Crippen molar-refractivity contribution in [3.63, 3.8) is 0 Å². The minimum Gasteiger partial charge on any atom is -0.493 e. The van der Waals surface area contributed by atoms with Crippen molar-refractivity contribution in [2.75, 3.05) is 53.7 Å². The molecule has 2 aromatic carbocycles. The minimum absolute atomic E-state index is 0.152. The predicted octanol–water partition coefficient (Wildman–Crippen LogP) is 1.51. The summed E-state index contributed by atoms with van der Waals surface area (Å²) in [4.78, 5) is 26.3. The summed E-state index contributed by atoms with van der Waals surface area (Å²) < 4.78 is 34.9. The zero-order valence-corrected chi connectivity index (χ0v) is 18.6. The molecule has 1 aliphatic heterocycles. The molecule has 1 saturated heterocycles. The molecule has 3 N–H and O–H groups in total. The van der Waals surface area contributed by atoms with Gasteiger partial charge in [0, 0.05) is 25.2 Å². The van der Waals surface area contributed by atoms with Gasteiger partial charge >= 0.3 is 0 Å². The van der Waals surface area contributed by atoms with Crippen molar-refractivity contribution in [3.05, 3.63) is 53.3 Å². The molecule has 0 spiro atoms. The first-order valence-electron chi connectivity index (χ1n) is 10.5. The van der Waals surface area contributed by atoms with Crippen LogP contribution < -0.4 is 25.3 Å². The summed E-state index contributed by atoms with van der Waals surface area (Å²) in [5, 5.41) is 2.94. The number of hydrogen-bond acceptors (Lipinski definition) is 7. The average Bonchev–Trinajstić information content (AvgIpc) is 2.83. The predicted molar refractivity (Wildman–Crippen MR) is 118 cm³/mol. The molecule has 1 heterocycles. The smallest absolute Gasteiger partial charge is 0.255 e. The van der Waals surface area contributed by atoms with Gasteiger partial charge in [-0.15, -0.1) is 0 Å². The molecule has 9 nitrogen and oxygen atoms in total. The molecule has 2 amide bonds. The van der Waals surface area contributed by atoms with Crippen molar-refractivity contribution in [1.29, 1.82) is 0 Å². The molecule has 0 saturated carbocycles. The highest BCUT2D eigenvalue weighted by atomic mass is 19.1. The fourth-order valence-electron chi connectivity index (χ4n) is 3.62. The van der Waals surface area contributed by atoms with E-state index in [4.69, 9.17) is 24.7 Å². The summed E-state index contributed by atoms with van der Waals surface area (Å²) >= 11 is 0. The number of primary amides is 1. The fourth-order valence-corrected chi connectivity index (χ4v) is 3.62. The van der Waals surface area contributed by atoms with Gasteiger partial charge in [-0.1, -0.05) is 12.1 Å². The topological polar surface area (TPSA) is 112 Å². The third-order valence-corrected chi connectivity index (χ3v) is 5.28. The molecule has 178 valence electrons. The lowest BCUT2D eigenvalue weighted by atomic mass is 10.0. The molecule has 0 aliphatic carbocycles. The average molecular weight is 461 g/mol. The molecular formula is C23H28FN3O6. The fraction of sp³-hybridized carbons (Fsp3) is 0.391. The number of morpholine rings is 1. The maximum Gasteiger partial charge on any atom is 0.255 e. The summed E-state index contributed by atoms with van der Waals surface area (Å²) in [6, 6.07) is 9.10. The first-order valence-corrected chi connectivity index (χ1v) is 10.5. The van der Waals surface area contributed by atoms with Gasteiger partial charge < -0.3 is 30.0 Å².